The lowest BCUT2D eigenvalue weighted by Crippen LogP contribution is -2.48. The molecule has 2 heterocycles. The number of carbonyl (C=O) groups excluding carboxylic acids is 1. The third-order valence-corrected chi connectivity index (χ3v) is 3.76. The van der Waals surface area contributed by atoms with Crippen LogP contribution < -0.4 is 10.6 Å². The molecule has 1 atom stereocenters. The normalized spacial score (nSPS) is 19.3. The first-order valence-electron chi connectivity index (χ1n) is 5.65. The van der Waals surface area contributed by atoms with Crippen LogP contribution in [0, 0.1) is 0 Å². The topological polar surface area (TPSA) is 104 Å². The van der Waals surface area contributed by atoms with Crippen LogP contribution in [0.15, 0.2) is 6.33 Å². The Hall–Kier alpha value is -1.41. The highest BCUT2D eigenvalue weighted by Gasteiger charge is 2.25. The van der Waals surface area contributed by atoms with Gasteiger partial charge in [-0.1, -0.05) is 0 Å². The summed E-state index contributed by atoms with van der Waals surface area (Å²) >= 11 is 0. The van der Waals surface area contributed by atoms with Crippen LogP contribution >= 0.6 is 0 Å². The van der Waals surface area contributed by atoms with Crippen molar-refractivity contribution in [3.05, 3.63) is 17.7 Å². The highest BCUT2D eigenvalue weighted by atomic mass is 32.2. The van der Waals surface area contributed by atoms with Gasteiger partial charge in [-0.3, -0.25) is 10.1 Å². The molecule has 18 heavy (non-hydrogen) atoms. The number of rotatable bonds is 4. The summed E-state index contributed by atoms with van der Waals surface area (Å²) in [5, 5.41) is 5.69. The summed E-state index contributed by atoms with van der Waals surface area (Å²) in [7, 11) is -3.04. The minimum absolute atomic E-state index is 0.0425. The first kappa shape index (κ1) is 13.0. The van der Waals surface area contributed by atoms with E-state index in [1.165, 1.54) is 0 Å². The molecule has 1 aliphatic heterocycles. The second-order valence-electron chi connectivity index (χ2n) is 4.39. The smallest absolute Gasteiger partial charge is 0.237 e. The number of aromatic amines is 1. The molecule has 7 nitrogen and oxygen atoms in total. The summed E-state index contributed by atoms with van der Waals surface area (Å²) in [5.74, 6) is -0.230. The van der Waals surface area contributed by atoms with E-state index in [4.69, 9.17) is 0 Å². The fourth-order valence-electron chi connectivity index (χ4n) is 1.84. The van der Waals surface area contributed by atoms with Gasteiger partial charge in [-0.05, 0) is 0 Å². The lowest BCUT2D eigenvalue weighted by molar-refractivity contribution is -0.123. The van der Waals surface area contributed by atoms with E-state index in [0.717, 1.165) is 17.6 Å². The lowest BCUT2D eigenvalue weighted by Gasteiger charge is -2.22. The van der Waals surface area contributed by atoms with Crippen LogP contribution in [0.2, 0.25) is 0 Å². The van der Waals surface area contributed by atoms with E-state index in [1.54, 1.807) is 6.33 Å². The number of hydrogen-bond donors (Lipinski definition) is 3. The SMILES string of the molecule is CS(=O)(=O)CCNC(=O)C1Cc2nc[nH]c2CN1. The fraction of sp³-hybridized carbons (Fsp3) is 0.600. The van der Waals surface area contributed by atoms with Gasteiger partial charge in [0.05, 0.1) is 29.5 Å². The second-order valence-corrected chi connectivity index (χ2v) is 6.65. The van der Waals surface area contributed by atoms with E-state index in [2.05, 4.69) is 20.6 Å². The Morgan fingerprint density at radius 1 is 1.61 bits per heavy atom. The molecule has 0 aliphatic carbocycles. The standard InChI is InChI=1S/C10H16N4O3S/c1-18(16,17)3-2-11-10(15)8-4-7-9(5-12-8)14-6-13-7/h6,8,12H,2-5H2,1H3,(H,11,15)(H,13,14). The van der Waals surface area contributed by atoms with Crippen molar-refractivity contribution in [2.75, 3.05) is 18.6 Å². The van der Waals surface area contributed by atoms with Crippen LogP contribution in [0.3, 0.4) is 0 Å². The first-order chi connectivity index (χ1) is 8.46. The monoisotopic (exact) mass is 272 g/mol. The van der Waals surface area contributed by atoms with E-state index in [1.807, 2.05) is 0 Å². The van der Waals surface area contributed by atoms with E-state index in [-0.39, 0.29) is 24.2 Å². The summed E-state index contributed by atoms with van der Waals surface area (Å²) in [6.45, 7) is 0.711. The molecule has 1 unspecified atom stereocenters. The molecule has 0 bridgehead atoms. The summed E-state index contributed by atoms with van der Waals surface area (Å²) in [6.07, 6.45) is 3.27. The Morgan fingerprint density at radius 2 is 2.39 bits per heavy atom. The van der Waals surface area contributed by atoms with Gasteiger partial charge in [-0.15, -0.1) is 0 Å². The number of nitrogens with zero attached hydrogens (tertiary/aromatic N) is 1. The number of aromatic nitrogens is 2. The van der Waals surface area contributed by atoms with Crippen LogP contribution in [0.4, 0.5) is 0 Å². The molecule has 2 rings (SSSR count). The van der Waals surface area contributed by atoms with Crippen molar-refractivity contribution < 1.29 is 13.2 Å². The summed E-state index contributed by atoms with van der Waals surface area (Å²) < 4.78 is 21.9. The summed E-state index contributed by atoms with van der Waals surface area (Å²) in [4.78, 5) is 18.9. The van der Waals surface area contributed by atoms with E-state index < -0.39 is 9.84 Å². The molecule has 0 radical (unpaired) electrons. The number of amides is 1. The minimum Gasteiger partial charge on any atom is -0.354 e. The number of nitrogens with one attached hydrogen (secondary N) is 3. The number of imidazole rings is 1. The zero-order valence-corrected chi connectivity index (χ0v) is 10.9. The van der Waals surface area contributed by atoms with E-state index in [0.29, 0.717) is 13.0 Å². The molecule has 8 heteroatoms. The Labute approximate surface area is 105 Å². The number of fused-ring (bicyclic) bond motifs is 1. The summed E-state index contributed by atoms with van der Waals surface area (Å²) in [6, 6.07) is -0.347. The van der Waals surface area contributed by atoms with E-state index >= 15 is 0 Å². The van der Waals surface area contributed by atoms with Crippen LogP contribution in [-0.4, -0.2) is 48.9 Å². The Morgan fingerprint density at radius 3 is 3.11 bits per heavy atom. The van der Waals surface area contributed by atoms with E-state index in [9.17, 15) is 13.2 Å². The molecule has 1 aromatic heterocycles. The maximum atomic E-state index is 11.8. The van der Waals surface area contributed by atoms with Crippen LogP contribution in [0.25, 0.3) is 0 Å². The van der Waals surface area contributed by atoms with Crippen molar-refractivity contribution in [3.8, 4) is 0 Å². The van der Waals surface area contributed by atoms with Gasteiger partial charge in [0, 0.05) is 25.8 Å². The molecule has 0 spiro atoms. The molecule has 0 saturated heterocycles. The number of sulfone groups is 1. The van der Waals surface area contributed by atoms with Crippen molar-refractivity contribution in [2.24, 2.45) is 0 Å². The van der Waals surface area contributed by atoms with Crippen molar-refractivity contribution in [1.29, 1.82) is 0 Å². The van der Waals surface area contributed by atoms with Crippen molar-refractivity contribution in [2.45, 2.75) is 19.0 Å². The molecule has 100 valence electrons. The van der Waals surface area contributed by atoms with Gasteiger partial charge in [0.25, 0.3) is 0 Å². The maximum Gasteiger partial charge on any atom is 0.237 e. The molecule has 0 fully saturated rings. The van der Waals surface area contributed by atoms with Gasteiger partial charge >= 0.3 is 0 Å². The van der Waals surface area contributed by atoms with Crippen molar-refractivity contribution in [3.63, 3.8) is 0 Å². The lowest BCUT2D eigenvalue weighted by atomic mass is 10.1. The molecule has 3 N–H and O–H groups in total. The molecular weight excluding hydrogens is 256 g/mol. The highest BCUT2D eigenvalue weighted by molar-refractivity contribution is 7.90. The Bertz CT molecular complexity index is 537. The van der Waals surface area contributed by atoms with Gasteiger partial charge in [0.15, 0.2) is 0 Å². The average molecular weight is 272 g/mol. The van der Waals surface area contributed by atoms with Crippen LogP contribution in [-0.2, 0) is 27.6 Å². The summed E-state index contributed by atoms with van der Waals surface area (Å²) in [5.41, 5.74) is 1.88. The zero-order chi connectivity index (χ0) is 13.2. The molecule has 1 amide bonds. The van der Waals surface area contributed by atoms with Gasteiger partial charge in [-0.2, -0.15) is 0 Å². The predicted molar refractivity (Wildman–Crippen MR) is 65.6 cm³/mol. The quantitative estimate of drug-likeness (QED) is 0.624. The number of carbonyl (C=O) groups is 1. The minimum atomic E-state index is -3.04. The van der Waals surface area contributed by atoms with Crippen LogP contribution in [0.1, 0.15) is 11.4 Å². The third-order valence-electron chi connectivity index (χ3n) is 2.82. The predicted octanol–water partition coefficient (Wildman–Crippen LogP) is -1.42. The molecule has 1 aliphatic rings. The maximum absolute atomic E-state index is 11.8. The van der Waals surface area contributed by atoms with Gasteiger partial charge < -0.3 is 10.3 Å². The number of hydrogen-bond acceptors (Lipinski definition) is 5. The first-order valence-corrected chi connectivity index (χ1v) is 7.72. The molecule has 0 aromatic carbocycles. The van der Waals surface area contributed by atoms with Gasteiger partial charge in [0.2, 0.25) is 5.91 Å². The second kappa shape index (κ2) is 5.07. The zero-order valence-electron chi connectivity index (χ0n) is 10.1. The van der Waals surface area contributed by atoms with Crippen LogP contribution in [0.5, 0.6) is 0 Å². The van der Waals surface area contributed by atoms with Gasteiger partial charge in [0.1, 0.15) is 9.84 Å². The molecular formula is C10H16N4O3S. The third kappa shape index (κ3) is 3.30. The highest BCUT2D eigenvalue weighted by Crippen LogP contribution is 2.11. The number of H-pyrrole nitrogens is 1. The molecule has 0 saturated carbocycles. The fourth-order valence-corrected chi connectivity index (χ4v) is 2.31. The largest absolute Gasteiger partial charge is 0.354 e. The van der Waals surface area contributed by atoms with Crippen molar-refractivity contribution >= 4 is 15.7 Å². The molecule has 1 aromatic rings. The van der Waals surface area contributed by atoms with Gasteiger partial charge in [-0.25, -0.2) is 13.4 Å². The Balaban J connectivity index is 1.84. The Kier molecular flexibility index (Phi) is 3.67. The average Bonchev–Trinajstić information content (AvgIpc) is 2.73. The van der Waals surface area contributed by atoms with Crippen molar-refractivity contribution in [1.82, 2.24) is 20.6 Å².